The smallest absolute Gasteiger partial charge is 0.266 e. The molecule has 2 aromatic rings. The van der Waals surface area contributed by atoms with Crippen LogP contribution >= 0.6 is 24.0 Å². The van der Waals surface area contributed by atoms with Crippen molar-refractivity contribution < 1.29 is 19.4 Å². The molecule has 3 rings (SSSR count). The normalized spacial score (nSPS) is 14.7. The summed E-state index contributed by atoms with van der Waals surface area (Å²) in [5, 5.41) is 9.31. The number of hydrogen-bond acceptors (Lipinski definition) is 6. The molecule has 174 valence electrons. The van der Waals surface area contributed by atoms with Gasteiger partial charge in [0.1, 0.15) is 10.1 Å². The van der Waals surface area contributed by atoms with Gasteiger partial charge in [-0.3, -0.25) is 14.5 Å². The average molecular weight is 485 g/mol. The molecule has 1 fully saturated rings. The Morgan fingerprint density at radius 3 is 2.52 bits per heavy atom. The zero-order valence-corrected chi connectivity index (χ0v) is 20.2. The van der Waals surface area contributed by atoms with Crippen molar-refractivity contribution >= 4 is 51.9 Å². The van der Waals surface area contributed by atoms with E-state index in [0.29, 0.717) is 28.6 Å². The van der Waals surface area contributed by atoms with E-state index in [1.165, 1.54) is 11.8 Å². The van der Waals surface area contributed by atoms with Crippen molar-refractivity contribution in [3.63, 3.8) is 0 Å². The average Bonchev–Trinajstić information content (AvgIpc) is 3.10. The summed E-state index contributed by atoms with van der Waals surface area (Å²) in [6.45, 7) is 0.733. The number of benzene rings is 2. The Labute approximate surface area is 204 Å². The molecule has 1 aliphatic heterocycles. The molecule has 1 aliphatic rings. The van der Waals surface area contributed by atoms with Gasteiger partial charge >= 0.3 is 0 Å². The number of rotatable bonds is 11. The van der Waals surface area contributed by atoms with Gasteiger partial charge < -0.3 is 14.7 Å². The highest BCUT2D eigenvalue weighted by Crippen LogP contribution is 2.33. The lowest BCUT2D eigenvalue weighted by molar-refractivity contribution is -0.122. The number of nitrogens with zero attached hydrogens (tertiary/aromatic N) is 2. The summed E-state index contributed by atoms with van der Waals surface area (Å²) in [6.07, 6.45) is 4.52. The van der Waals surface area contributed by atoms with Crippen molar-refractivity contribution in [1.82, 2.24) is 4.90 Å². The topological polar surface area (TPSA) is 70.1 Å². The van der Waals surface area contributed by atoms with Gasteiger partial charge in [0.2, 0.25) is 5.91 Å². The fourth-order valence-electron chi connectivity index (χ4n) is 3.51. The number of unbranched alkanes of at least 4 members (excludes halogenated alkanes) is 2. The maximum Gasteiger partial charge on any atom is 0.266 e. The molecule has 33 heavy (non-hydrogen) atoms. The van der Waals surface area contributed by atoms with E-state index in [0.717, 1.165) is 29.8 Å². The summed E-state index contributed by atoms with van der Waals surface area (Å²) in [5.41, 5.74) is 1.71. The second-order valence-electron chi connectivity index (χ2n) is 7.52. The van der Waals surface area contributed by atoms with E-state index >= 15 is 0 Å². The number of methoxy groups -OCH3 is 1. The molecule has 1 N–H and O–H groups in total. The van der Waals surface area contributed by atoms with Gasteiger partial charge in [0.15, 0.2) is 0 Å². The van der Waals surface area contributed by atoms with Crippen molar-refractivity contribution in [3.05, 3.63) is 65.1 Å². The van der Waals surface area contributed by atoms with E-state index < -0.39 is 0 Å². The van der Waals surface area contributed by atoms with Crippen molar-refractivity contribution in [3.8, 4) is 5.75 Å². The van der Waals surface area contributed by atoms with E-state index in [4.69, 9.17) is 17.0 Å². The second kappa shape index (κ2) is 12.5. The fourth-order valence-corrected chi connectivity index (χ4v) is 4.82. The molecule has 0 saturated carbocycles. The number of thiocarbonyl (C=S) groups is 1. The third-order valence-electron chi connectivity index (χ3n) is 5.25. The molecule has 0 aromatic heterocycles. The van der Waals surface area contributed by atoms with Crippen LogP contribution in [0.25, 0.3) is 6.08 Å². The number of aliphatic hydroxyl groups excluding tert-OH is 1. The van der Waals surface area contributed by atoms with Crippen molar-refractivity contribution in [2.75, 3.05) is 31.7 Å². The van der Waals surface area contributed by atoms with Crippen LogP contribution < -0.4 is 9.64 Å². The Hall–Kier alpha value is -2.68. The number of carbonyl (C=O) groups excluding carboxylic acids is 2. The molecule has 0 unspecified atom stereocenters. The van der Waals surface area contributed by atoms with Gasteiger partial charge in [-0.15, -0.1) is 0 Å². The first-order chi connectivity index (χ1) is 16.0. The highest BCUT2D eigenvalue weighted by molar-refractivity contribution is 8.26. The quantitative estimate of drug-likeness (QED) is 0.288. The molecule has 0 spiro atoms. The Morgan fingerprint density at radius 1 is 1.12 bits per heavy atom. The number of thioether (sulfide) groups is 1. The summed E-state index contributed by atoms with van der Waals surface area (Å²) in [6, 6.07) is 16.9. The minimum absolute atomic E-state index is 0.0108. The van der Waals surface area contributed by atoms with Crippen LogP contribution in [0.5, 0.6) is 5.75 Å². The van der Waals surface area contributed by atoms with Crippen LogP contribution in [0, 0.1) is 0 Å². The van der Waals surface area contributed by atoms with Gasteiger partial charge in [0, 0.05) is 25.2 Å². The van der Waals surface area contributed by atoms with E-state index in [-0.39, 0.29) is 25.0 Å². The molecule has 0 aliphatic carbocycles. The molecule has 6 nitrogen and oxygen atoms in total. The minimum Gasteiger partial charge on any atom is -0.497 e. The highest BCUT2D eigenvalue weighted by Gasteiger charge is 2.31. The van der Waals surface area contributed by atoms with Gasteiger partial charge in [-0.1, -0.05) is 60.7 Å². The standard InChI is InChI=1S/C25H28N2O4S2/c1-31-21-13-11-19(12-14-21)18-22-24(30)27(25(32)33-22)15-7-3-6-10-23(29)26(16-17-28)20-8-4-2-5-9-20/h2,4-5,8-9,11-14,18,28H,3,6-7,10,15-17H2,1H3/b22-18-. The summed E-state index contributed by atoms with van der Waals surface area (Å²) < 4.78 is 5.73. The fraction of sp³-hybridized carbons (Fsp3) is 0.320. The van der Waals surface area contributed by atoms with Crippen molar-refractivity contribution in [1.29, 1.82) is 0 Å². The van der Waals surface area contributed by atoms with E-state index in [1.807, 2.05) is 60.7 Å². The minimum atomic E-state index is -0.0841. The maximum atomic E-state index is 12.8. The van der Waals surface area contributed by atoms with Gasteiger partial charge in [0.25, 0.3) is 5.91 Å². The molecule has 2 amide bonds. The number of ether oxygens (including phenoxy) is 1. The van der Waals surface area contributed by atoms with Crippen LogP contribution in [-0.4, -0.2) is 52.9 Å². The predicted octanol–water partition coefficient (Wildman–Crippen LogP) is 4.48. The zero-order chi connectivity index (χ0) is 23.6. The Bertz CT molecular complexity index is 993. The largest absolute Gasteiger partial charge is 0.497 e. The molecule has 0 radical (unpaired) electrons. The molecule has 1 saturated heterocycles. The lowest BCUT2D eigenvalue weighted by Crippen LogP contribution is -2.33. The number of carbonyl (C=O) groups is 2. The van der Waals surface area contributed by atoms with Gasteiger partial charge in [-0.05, 0) is 48.7 Å². The molecular formula is C25H28N2O4S2. The van der Waals surface area contributed by atoms with Gasteiger partial charge in [0.05, 0.1) is 18.6 Å². The van der Waals surface area contributed by atoms with Gasteiger partial charge in [-0.2, -0.15) is 0 Å². The number of para-hydroxylation sites is 1. The molecule has 0 bridgehead atoms. The summed E-state index contributed by atoms with van der Waals surface area (Å²) >= 11 is 6.73. The Morgan fingerprint density at radius 2 is 1.85 bits per heavy atom. The van der Waals surface area contributed by atoms with Crippen LogP contribution in [0.4, 0.5) is 5.69 Å². The molecular weight excluding hydrogens is 456 g/mol. The van der Waals surface area contributed by atoms with E-state index in [1.54, 1.807) is 16.9 Å². The number of amides is 2. The Kier molecular flexibility index (Phi) is 9.47. The lowest BCUT2D eigenvalue weighted by atomic mass is 10.1. The molecule has 8 heteroatoms. The van der Waals surface area contributed by atoms with Crippen molar-refractivity contribution in [2.45, 2.75) is 25.7 Å². The lowest BCUT2D eigenvalue weighted by Gasteiger charge is -2.22. The Balaban J connectivity index is 1.46. The van der Waals surface area contributed by atoms with Crippen LogP contribution in [0.2, 0.25) is 0 Å². The van der Waals surface area contributed by atoms with E-state index in [9.17, 15) is 14.7 Å². The first-order valence-electron chi connectivity index (χ1n) is 10.9. The van der Waals surface area contributed by atoms with E-state index in [2.05, 4.69) is 0 Å². The third kappa shape index (κ3) is 6.90. The SMILES string of the molecule is COc1ccc(/C=C2\SC(=S)N(CCCCCC(=O)N(CCO)c3ccccc3)C2=O)cc1. The first kappa shape index (κ1) is 25.0. The summed E-state index contributed by atoms with van der Waals surface area (Å²) in [7, 11) is 1.62. The number of anilines is 1. The van der Waals surface area contributed by atoms with Crippen LogP contribution in [0.1, 0.15) is 31.2 Å². The summed E-state index contributed by atoms with van der Waals surface area (Å²) in [5.74, 6) is 0.680. The molecule has 2 aromatic carbocycles. The molecule has 0 atom stereocenters. The summed E-state index contributed by atoms with van der Waals surface area (Å²) in [4.78, 5) is 29.3. The van der Waals surface area contributed by atoms with Crippen LogP contribution in [0.3, 0.4) is 0 Å². The van der Waals surface area contributed by atoms with Crippen molar-refractivity contribution in [2.24, 2.45) is 0 Å². The highest BCUT2D eigenvalue weighted by atomic mass is 32.2. The van der Waals surface area contributed by atoms with Gasteiger partial charge in [-0.25, -0.2) is 0 Å². The third-order valence-corrected chi connectivity index (χ3v) is 6.63. The second-order valence-corrected chi connectivity index (χ2v) is 9.20. The molecule has 1 heterocycles. The zero-order valence-electron chi connectivity index (χ0n) is 18.6. The van der Waals surface area contributed by atoms with Crippen LogP contribution in [-0.2, 0) is 9.59 Å². The predicted molar refractivity (Wildman–Crippen MR) is 137 cm³/mol. The van der Waals surface area contributed by atoms with Crippen LogP contribution in [0.15, 0.2) is 59.5 Å². The monoisotopic (exact) mass is 484 g/mol. The first-order valence-corrected chi connectivity index (χ1v) is 12.1. The maximum absolute atomic E-state index is 12.8. The number of aliphatic hydroxyl groups is 1. The number of hydrogen-bond donors (Lipinski definition) is 1.